The maximum atomic E-state index is 13.5. The Morgan fingerprint density at radius 2 is 1.71 bits per heavy atom. The molecular weight excluding hydrogens is 440 g/mol. The summed E-state index contributed by atoms with van der Waals surface area (Å²) in [5.74, 6) is 0.0801. The molecule has 0 spiro atoms. The fourth-order valence-electron chi connectivity index (χ4n) is 3.85. The highest BCUT2D eigenvalue weighted by Crippen LogP contribution is 2.57. The Morgan fingerprint density at radius 1 is 1.13 bits per heavy atom. The van der Waals surface area contributed by atoms with Crippen molar-refractivity contribution in [1.29, 1.82) is 0 Å². The van der Waals surface area contributed by atoms with E-state index in [1.54, 1.807) is 52.1 Å². The number of rotatable bonds is 6. The van der Waals surface area contributed by atoms with E-state index in [9.17, 15) is 13.2 Å². The zero-order valence-corrected chi connectivity index (χ0v) is 19.5. The summed E-state index contributed by atoms with van der Waals surface area (Å²) in [6, 6.07) is 13.0. The lowest BCUT2D eigenvalue weighted by Gasteiger charge is -2.24. The Bertz CT molecular complexity index is 1050. The van der Waals surface area contributed by atoms with Gasteiger partial charge in [-0.05, 0) is 62.7 Å². The van der Waals surface area contributed by atoms with Gasteiger partial charge in [0.2, 0.25) is 0 Å². The Labute approximate surface area is 187 Å². The van der Waals surface area contributed by atoms with Gasteiger partial charge in [0.05, 0.1) is 17.5 Å². The van der Waals surface area contributed by atoms with E-state index in [2.05, 4.69) is 5.32 Å². The summed E-state index contributed by atoms with van der Waals surface area (Å²) < 4.78 is 37.7. The molecule has 1 amide bonds. The van der Waals surface area contributed by atoms with Crippen LogP contribution in [0.25, 0.3) is 0 Å². The highest BCUT2D eigenvalue weighted by molar-refractivity contribution is 7.92. The van der Waals surface area contributed by atoms with Gasteiger partial charge in [-0.1, -0.05) is 23.7 Å². The Kier molecular flexibility index (Phi) is 6.28. The van der Waals surface area contributed by atoms with Gasteiger partial charge in [0, 0.05) is 17.5 Å². The third kappa shape index (κ3) is 4.66. The fourth-order valence-corrected chi connectivity index (χ4v) is 6.32. The molecule has 2 aromatic rings. The van der Waals surface area contributed by atoms with Gasteiger partial charge >= 0.3 is 6.09 Å². The summed E-state index contributed by atoms with van der Waals surface area (Å²) in [7, 11) is -2.29. The molecule has 3 rings (SSSR count). The maximum absolute atomic E-state index is 13.5. The lowest BCUT2D eigenvalue weighted by Crippen LogP contribution is -2.49. The molecule has 1 aliphatic rings. The molecular formula is C22H27ClN2O5S. The standard InChI is InChI=1S/C22H27ClN2O5S/c1-21(2,3)30-20(26)25-22(13-24)18(14-5-9-16(29-4)10-6-14)19(22)31(27,28)17-11-7-15(23)8-12-17/h5-12,18-19H,13,24H2,1-4H3,(H,25,26)/t18-,19-,22+/m1/s1. The monoisotopic (exact) mass is 466 g/mol. The average Bonchev–Trinajstić information content (AvgIpc) is 3.36. The van der Waals surface area contributed by atoms with Gasteiger partial charge in [-0.2, -0.15) is 0 Å². The molecule has 168 valence electrons. The number of carbonyl (C=O) groups is 1. The SMILES string of the molecule is COc1ccc([C@@H]2[C@@H](S(=O)(=O)c3ccc(Cl)cc3)[C@@]2(CN)NC(=O)OC(C)(C)C)cc1. The normalized spacial score (nSPS) is 23.2. The molecule has 9 heteroatoms. The summed E-state index contributed by atoms with van der Waals surface area (Å²) in [5.41, 5.74) is 4.85. The molecule has 0 saturated heterocycles. The summed E-state index contributed by atoms with van der Waals surface area (Å²) >= 11 is 5.92. The van der Waals surface area contributed by atoms with E-state index in [1.165, 1.54) is 24.3 Å². The van der Waals surface area contributed by atoms with Gasteiger partial charge < -0.3 is 20.5 Å². The third-order valence-electron chi connectivity index (χ3n) is 5.28. The van der Waals surface area contributed by atoms with Crippen LogP contribution in [0.4, 0.5) is 4.79 Å². The number of sulfone groups is 1. The van der Waals surface area contributed by atoms with Crippen LogP contribution in [0.5, 0.6) is 5.75 Å². The summed E-state index contributed by atoms with van der Waals surface area (Å²) in [4.78, 5) is 12.7. The number of hydrogen-bond donors (Lipinski definition) is 2. The second kappa shape index (κ2) is 8.33. The number of amides is 1. The number of halogens is 1. The lowest BCUT2D eigenvalue weighted by atomic mass is 10.1. The number of nitrogens with two attached hydrogens (primary N) is 1. The van der Waals surface area contributed by atoms with E-state index >= 15 is 0 Å². The minimum Gasteiger partial charge on any atom is -0.497 e. The molecule has 2 aromatic carbocycles. The predicted octanol–water partition coefficient (Wildman–Crippen LogP) is 3.51. The van der Waals surface area contributed by atoms with Crippen LogP contribution in [0.15, 0.2) is 53.4 Å². The van der Waals surface area contributed by atoms with Gasteiger partial charge in [-0.15, -0.1) is 0 Å². The van der Waals surface area contributed by atoms with E-state index in [0.717, 1.165) is 5.56 Å². The van der Waals surface area contributed by atoms with E-state index < -0.39 is 38.2 Å². The second-order valence-electron chi connectivity index (χ2n) is 8.54. The molecule has 0 bridgehead atoms. The van der Waals surface area contributed by atoms with Crippen molar-refractivity contribution in [3.63, 3.8) is 0 Å². The highest BCUT2D eigenvalue weighted by Gasteiger charge is 2.71. The van der Waals surface area contributed by atoms with Crippen LogP contribution in [-0.2, 0) is 14.6 Å². The number of nitrogens with one attached hydrogen (secondary N) is 1. The largest absolute Gasteiger partial charge is 0.497 e. The van der Waals surface area contributed by atoms with Crippen molar-refractivity contribution in [2.24, 2.45) is 5.73 Å². The molecule has 0 unspecified atom stereocenters. The predicted molar refractivity (Wildman–Crippen MR) is 119 cm³/mol. The molecule has 0 aromatic heterocycles. The number of alkyl carbamates (subject to hydrolysis) is 1. The van der Waals surface area contributed by atoms with Gasteiger partial charge in [0.25, 0.3) is 0 Å². The number of benzene rings is 2. The number of methoxy groups -OCH3 is 1. The van der Waals surface area contributed by atoms with Crippen molar-refractivity contribution >= 4 is 27.5 Å². The van der Waals surface area contributed by atoms with Crippen LogP contribution >= 0.6 is 11.6 Å². The van der Waals surface area contributed by atoms with Crippen molar-refractivity contribution in [3.8, 4) is 5.75 Å². The minimum absolute atomic E-state index is 0.0829. The molecule has 1 aliphatic carbocycles. The number of hydrogen-bond acceptors (Lipinski definition) is 6. The summed E-state index contributed by atoms with van der Waals surface area (Å²) in [6.07, 6.45) is -0.717. The molecule has 31 heavy (non-hydrogen) atoms. The van der Waals surface area contributed by atoms with Crippen molar-refractivity contribution in [2.75, 3.05) is 13.7 Å². The van der Waals surface area contributed by atoms with Crippen LogP contribution < -0.4 is 15.8 Å². The van der Waals surface area contributed by atoms with E-state index in [4.69, 9.17) is 26.8 Å². The molecule has 1 saturated carbocycles. The minimum atomic E-state index is -3.84. The van der Waals surface area contributed by atoms with Crippen molar-refractivity contribution in [3.05, 3.63) is 59.1 Å². The Balaban J connectivity index is 2.03. The number of ether oxygens (including phenoxy) is 2. The fraction of sp³-hybridized carbons (Fsp3) is 0.409. The topological polar surface area (TPSA) is 108 Å². The Hall–Kier alpha value is -2.29. The van der Waals surface area contributed by atoms with Gasteiger partial charge in [-0.25, -0.2) is 13.2 Å². The first-order valence-corrected chi connectivity index (χ1v) is 11.7. The van der Waals surface area contributed by atoms with Crippen molar-refractivity contribution in [1.82, 2.24) is 5.32 Å². The smallest absolute Gasteiger partial charge is 0.408 e. The quantitative estimate of drug-likeness (QED) is 0.674. The third-order valence-corrected chi connectivity index (χ3v) is 7.82. The molecule has 7 nitrogen and oxygen atoms in total. The zero-order chi connectivity index (χ0) is 23.0. The maximum Gasteiger partial charge on any atom is 0.408 e. The number of carbonyl (C=O) groups excluding carboxylic acids is 1. The van der Waals surface area contributed by atoms with Crippen LogP contribution in [0.2, 0.25) is 5.02 Å². The van der Waals surface area contributed by atoms with Crippen molar-refractivity contribution < 1.29 is 22.7 Å². The summed E-state index contributed by atoms with van der Waals surface area (Å²) in [6.45, 7) is 5.12. The van der Waals surface area contributed by atoms with E-state index in [0.29, 0.717) is 10.8 Å². The van der Waals surface area contributed by atoms with Crippen LogP contribution in [0, 0.1) is 0 Å². The molecule has 0 aliphatic heterocycles. The van der Waals surface area contributed by atoms with Gasteiger partial charge in [-0.3, -0.25) is 0 Å². The van der Waals surface area contributed by atoms with E-state index in [1.807, 2.05) is 0 Å². The highest BCUT2D eigenvalue weighted by atomic mass is 35.5. The average molecular weight is 467 g/mol. The molecule has 3 atom stereocenters. The molecule has 0 radical (unpaired) electrons. The van der Waals surface area contributed by atoms with Crippen LogP contribution in [-0.4, -0.2) is 44.6 Å². The Morgan fingerprint density at radius 3 is 2.19 bits per heavy atom. The molecule has 3 N–H and O–H groups in total. The van der Waals surface area contributed by atoms with Crippen LogP contribution in [0.3, 0.4) is 0 Å². The van der Waals surface area contributed by atoms with Crippen molar-refractivity contribution in [2.45, 2.75) is 48.0 Å². The molecule has 1 fully saturated rings. The van der Waals surface area contributed by atoms with Gasteiger partial charge in [0.1, 0.15) is 16.6 Å². The first-order valence-electron chi connectivity index (χ1n) is 9.79. The first-order chi connectivity index (χ1) is 14.4. The summed E-state index contributed by atoms with van der Waals surface area (Å²) in [5, 5.41) is 2.23. The van der Waals surface area contributed by atoms with E-state index in [-0.39, 0.29) is 11.4 Å². The van der Waals surface area contributed by atoms with Crippen LogP contribution in [0.1, 0.15) is 32.3 Å². The zero-order valence-electron chi connectivity index (χ0n) is 17.9. The lowest BCUT2D eigenvalue weighted by molar-refractivity contribution is 0.0497. The van der Waals surface area contributed by atoms with Gasteiger partial charge in [0.15, 0.2) is 9.84 Å². The second-order valence-corrected chi connectivity index (χ2v) is 11.0. The molecule has 0 heterocycles. The first kappa shape index (κ1) is 23.4.